The molecule has 68 valence electrons. The molecular formula is C9H11Cl2F. The average Bonchev–Trinajstić information content (AvgIpc) is 1.97. The van der Waals surface area contributed by atoms with E-state index in [1.54, 1.807) is 0 Å². The lowest BCUT2D eigenvalue weighted by molar-refractivity contribution is 0.571. The Bertz CT molecular complexity index is 251. The van der Waals surface area contributed by atoms with Gasteiger partial charge in [0, 0.05) is 11.5 Å². The van der Waals surface area contributed by atoms with Crippen LogP contribution in [0.2, 0.25) is 0 Å². The van der Waals surface area contributed by atoms with Crippen LogP contribution >= 0.6 is 23.2 Å². The van der Waals surface area contributed by atoms with E-state index in [-0.39, 0.29) is 16.8 Å². The van der Waals surface area contributed by atoms with Crippen molar-refractivity contribution in [2.24, 2.45) is 5.92 Å². The zero-order chi connectivity index (χ0) is 9.30. The molecule has 0 aliphatic heterocycles. The van der Waals surface area contributed by atoms with Gasteiger partial charge in [-0.25, -0.2) is 4.39 Å². The Morgan fingerprint density at radius 3 is 2.25 bits per heavy atom. The molecule has 0 aromatic heterocycles. The number of halogens is 3. The smallest absolute Gasteiger partial charge is 0.119 e. The SMILES string of the molecule is CC(C)C1=C(Cl)CCC(F)=C1Cl. The first-order chi connectivity index (χ1) is 5.54. The first kappa shape index (κ1) is 10.1. The van der Waals surface area contributed by atoms with Crippen LogP contribution in [-0.2, 0) is 0 Å². The van der Waals surface area contributed by atoms with E-state index in [2.05, 4.69) is 0 Å². The van der Waals surface area contributed by atoms with Crippen molar-refractivity contribution in [2.45, 2.75) is 26.7 Å². The van der Waals surface area contributed by atoms with Crippen LogP contribution in [0.25, 0.3) is 0 Å². The molecule has 0 fully saturated rings. The van der Waals surface area contributed by atoms with Crippen LogP contribution in [-0.4, -0.2) is 0 Å². The monoisotopic (exact) mass is 208 g/mol. The lowest BCUT2D eigenvalue weighted by Crippen LogP contribution is -2.03. The van der Waals surface area contributed by atoms with Gasteiger partial charge in [0.05, 0.1) is 5.03 Å². The van der Waals surface area contributed by atoms with Crippen molar-refractivity contribution in [3.63, 3.8) is 0 Å². The van der Waals surface area contributed by atoms with Crippen molar-refractivity contribution in [2.75, 3.05) is 0 Å². The average molecular weight is 209 g/mol. The highest BCUT2D eigenvalue weighted by molar-refractivity contribution is 6.36. The van der Waals surface area contributed by atoms with E-state index >= 15 is 0 Å². The van der Waals surface area contributed by atoms with Crippen LogP contribution in [0, 0.1) is 5.92 Å². The summed E-state index contributed by atoms with van der Waals surface area (Å²) in [5.41, 5.74) is 0.766. The summed E-state index contributed by atoms with van der Waals surface area (Å²) in [6.45, 7) is 3.91. The molecule has 3 heteroatoms. The Morgan fingerprint density at radius 2 is 1.83 bits per heavy atom. The summed E-state index contributed by atoms with van der Waals surface area (Å²) in [5, 5.41) is 0.928. The molecule has 0 spiro atoms. The van der Waals surface area contributed by atoms with Gasteiger partial charge in [-0.2, -0.15) is 0 Å². The molecule has 0 heterocycles. The van der Waals surface area contributed by atoms with Gasteiger partial charge in [0.25, 0.3) is 0 Å². The van der Waals surface area contributed by atoms with Gasteiger partial charge in [-0.15, -0.1) is 0 Å². The Morgan fingerprint density at radius 1 is 1.25 bits per heavy atom. The molecule has 1 aliphatic rings. The third-order valence-electron chi connectivity index (χ3n) is 1.91. The zero-order valence-electron chi connectivity index (χ0n) is 7.13. The fraction of sp³-hybridized carbons (Fsp3) is 0.556. The molecule has 0 saturated heterocycles. The van der Waals surface area contributed by atoms with Crippen LogP contribution < -0.4 is 0 Å². The molecule has 1 aliphatic carbocycles. The summed E-state index contributed by atoms with van der Waals surface area (Å²) in [5.74, 6) is -0.0409. The summed E-state index contributed by atoms with van der Waals surface area (Å²) in [6, 6.07) is 0. The van der Waals surface area contributed by atoms with Gasteiger partial charge in [-0.05, 0) is 17.9 Å². The highest BCUT2D eigenvalue weighted by Crippen LogP contribution is 2.38. The molecule has 0 unspecified atom stereocenters. The summed E-state index contributed by atoms with van der Waals surface area (Å²) >= 11 is 11.7. The summed E-state index contributed by atoms with van der Waals surface area (Å²) in [6.07, 6.45) is 0.922. The Kier molecular flexibility index (Phi) is 3.19. The standard InChI is InChI=1S/C9H11Cl2F/c1-5(2)8-6(10)3-4-7(12)9(8)11/h5H,3-4H2,1-2H3. The fourth-order valence-corrected chi connectivity index (χ4v) is 2.18. The minimum absolute atomic E-state index is 0.191. The Balaban J connectivity index is 3.07. The second-order valence-electron chi connectivity index (χ2n) is 3.19. The second kappa shape index (κ2) is 3.80. The number of allylic oxidation sites excluding steroid dienone is 4. The van der Waals surface area contributed by atoms with Crippen molar-refractivity contribution >= 4 is 23.2 Å². The zero-order valence-corrected chi connectivity index (χ0v) is 8.64. The van der Waals surface area contributed by atoms with Crippen molar-refractivity contribution in [1.29, 1.82) is 0 Å². The quantitative estimate of drug-likeness (QED) is 0.602. The maximum absolute atomic E-state index is 13.0. The maximum Gasteiger partial charge on any atom is 0.119 e. The largest absolute Gasteiger partial charge is 0.210 e. The van der Waals surface area contributed by atoms with Gasteiger partial charge in [0.2, 0.25) is 0 Å². The first-order valence-electron chi connectivity index (χ1n) is 3.97. The normalized spacial score (nSPS) is 19.5. The van der Waals surface area contributed by atoms with E-state index in [9.17, 15) is 4.39 Å². The molecule has 1 rings (SSSR count). The fourth-order valence-electron chi connectivity index (χ4n) is 1.30. The summed E-state index contributed by atoms with van der Waals surface area (Å²) < 4.78 is 13.0. The van der Waals surface area contributed by atoms with Crippen LogP contribution in [0.5, 0.6) is 0 Å². The first-order valence-corrected chi connectivity index (χ1v) is 4.72. The van der Waals surface area contributed by atoms with E-state index < -0.39 is 0 Å². The van der Waals surface area contributed by atoms with Crippen LogP contribution in [0.1, 0.15) is 26.7 Å². The predicted octanol–water partition coefficient (Wildman–Crippen LogP) is 4.35. The van der Waals surface area contributed by atoms with E-state index in [4.69, 9.17) is 23.2 Å². The van der Waals surface area contributed by atoms with Gasteiger partial charge in [0.1, 0.15) is 5.83 Å². The van der Waals surface area contributed by atoms with Gasteiger partial charge in [-0.3, -0.25) is 0 Å². The highest BCUT2D eigenvalue weighted by atomic mass is 35.5. The van der Waals surface area contributed by atoms with Crippen molar-refractivity contribution in [3.8, 4) is 0 Å². The van der Waals surface area contributed by atoms with Gasteiger partial charge >= 0.3 is 0 Å². The van der Waals surface area contributed by atoms with Crippen LogP contribution in [0.3, 0.4) is 0 Å². The lowest BCUT2D eigenvalue weighted by Gasteiger charge is -2.18. The highest BCUT2D eigenvalue weighted by Gasteiger charge is 2.21. The molecule has 0 radical (unpaired) electrons. The Labute approximate surface area is 82.0 Å². The van der Waals surface area contributed by atoms with E-state index in [0.717, 1.165) is 5.57 Å². The summed E-state index contributed by atoms with van der Waals surface area (Å²) in [4.78, 5) is 0. The third-order valence-corrected chi connectivity index (χ3v) is 2.71. The maximum atomic E-state index is 13.0. The molecular weight excluding hydrogens is 198 g/mol. The van der Waals surface area contributed by atoms with E-state index in [1.807, 2.05) is 13.8 Å². The van der Waals surface area contributed by atoms with Gasteiger partial charge in [0.15, 0.2) is 0 Å². The molecule has 0 nitrogen and oxygen atoms in total. The van der Waals surface area contributed by atoms with Gasteiger partial charge < -0.3 is 0 Å². The van der Waals surface area contributed by atoms with E-state index in [1.165, 1.54) is 0 Å². The minimum atomic E-state index is -0.232. The molecule has 12 heavy (non-hydrogen) atoms. The summed E-state index contributed by atoms with van der Waals surface area (Å²) in [7, 11) is 0. The number of rotatable bonds is 1. The van der Waals surface area contributed by atoms with E-state index in [0.29, 0.717) is 17.9 Å². The van der Waals surface area contributed by atoms with Crippen molar-refractivity contribution in [3.05, 3.63) is 21.5 Å². The molecule has 0 bridgehead atoms. The van der Waals surface area contributed by atoms with Gasteiger partial charge in [-0.1, -0.05) is 37.0 Å². The molecule has 0 N–H and O–H groups in total. The minimum Gasteiger partial charge on any atom is -0.210 e. The molecule has 0 aromatic rings. The topological polar surface area (TPSA) is 0 Å². The van der Waals surface area contributed by atoms with Crippen molar-refractivity contribution in [1.82, 2.24) is 0 Å². The molecule has 0 amide bonds. The lowest BCUT2D eigenvalue weighted by atomic mass is 9.96. The molecule has 0 atom stereocenters. The Hall–Kier alpha value is -0.0100. The predicted molar refractivity (Wildman–Crippen MR) is 50.9 cm³/mol. The number of hydrogen-bond acceptors (Lipinski definition) is 0. The van der Waals surface area contributed by atoms with Crippen molar-refractivity contribution < 1.29 is 4.39 Å². The molecule has 0 saturated carbocycles. The van der Waals surface area contributed by atoms with Crippen LogP contribution in [0.4, 0.5) is 4.39 Å². The van der Waals surface area contributed by atoms with Crippen LogP contribution in [0.15, 0.2) is 21.5 Å². The second-order valence-corrected chi connectivity index (χ2v) is 4.03. The third kappa shape index (κ3) is 1.83. The molecule has 0 aromatic carbocycles. The number of hydrogen-bond donors (Lipinski definition) is 0.